The number of rotatable bonds is 6. The molecule has 1 atom stereocenters. The van der Waals surface area contributed by atoms with Gasteiger partial charge >= 0.3 is 6.18 Å². The minimum atomic E-state index is -4.52. The van der Waals surface area contributed by atoms with Gasteiger partial charge in [-0.3, -0.25) is 14.6 Å². The van der Waals surface area contributed by atoms with Gasteiger partial charge in [0, 0.05) is 32.7 Å². The molecule has 0 radical (unpaired) electrons. The van der Waals surface area contributed by atoms with Crippen LogP contribution in [-0.2, 0) is 11.0 Å². The number of carbonyl (C=O) groups excluding carboxylic acids is 1. The number of alkyl halides is 3. The first-order chi connectivity index (χ1) is 13.8. The highest BCUT2D eigenvalue weighted by atomic mass is 19.4. The van der Waals surface area contributed by atoms with E-state index in [9.17, 15) is 23.1 Å². The molecule has 1 amide bonds. The number of nitrogens with zero attached hydrogens (tertiary/aromatic N) is 2. The number of β-amino-alcohol motifs (C(OH)–C–C–N with tert-alkyl or cyclic N) is 1. The molecule has 1 aliphatic rings. The lowest BCUT2D eigenvalue weighted by Crippen LogP contribution is -2.49. The predicted molar refractivity (Wildman–Crippen MR) is 104 cm³/mol. The van der Waals surface area contributed by atoms with Crippen LogP contribution in [-0.4, -0.2) is 60.1 Å². The molecule has 0 saturated carbocycles. The highest BCUT2D eigenvalue weighted by Gasteiger charge is 2.33. The van der Waals surface area contributed by atoms with E-state index in [1.165, 1.54) is 18.2 Å². The second kappa shape index (κ2) is 9.39. The standard InChI is InChI=1S/C21H24F3N3O2/c22-21(23,24)17-8-4-5-9-18(17)25-20(29)15-27-12-10-26(11-13-27)14-19(28)16-6-2-1-3-7-16/h1-9,19,28H,10-15H2,(H,25,29). The minimum Gasteiger partial charge on any atom is -0.387 e. The number of amides is 1. The van der Waals surface area contributed by atoms with Crippen molar-refractivity contribution in [3.8, 4) is 0 Å². The van der Waals surface area contributed by atoms with Gasteiger partial charge in [0.25, 0.3) is 0 Å². The van der Waals surface area contributed by atoms with E-state index in [2.05, 4.69) is 10.2 Å². The highest BCUT2D eigenvalue weighted by molar-refractivity contribution is 5.93. The summed E-state index contributed by atoms with van der Waals surface area (Å²) in [5.74, 6) is -0.473. The smallest absolute Gasteiger partial charge is 0.387 e. The monoisotopic (exact) mass is 407 g/mol. The molecular weight excluding hydrogens is 383 g/mol. The van der Waals surface area contributed by atoms with Crippen LogP contribution in [0.5, 0.6) is 0 Å². The summed E-state index contributed by atoms with van der Waals surface area (Å²) in [6.07, 6.45) is -5.10. The first-order valence-corrected chi connectivity index (χ1v) is 9.47. The molecule has 1 aliphatic heterocycles. The Morgan fingerprint density at radius 1 is 0.966 bits per heavy atom. The predicted octanol–water partition coefficient (Wildman–Crippen LogP) is 3.00. The van der Waals surface area contributed by atoms with Crippen molar-refractivity contribution in [3.63, 3.8) is 0 Å². The minimum absolute atomic E-state index is 0.0290. The van der Waals surface area contributed by atoms with Crippen LogP contribution in [0.15, 0.2) is 54.6 Å². The van der Waals surface area contributed by atoms with Gasteiger partial charge in [-0.1, -0.05) is 42.5 Å². The Hall–Kier alpha value is -2.42. The van der Waals surface area contributed by atoms with Crippen LogP contribution in [0.2, 0.25) is 0 Å². The average Bonchev–Trinajstić information content (AvgIpc) is 2.69. The lowest BCUT2D eigenvalue weighted by Gasteiger charge is -2.35. The Bertz CT molecular complexity index is 806. The van der Waals surface area contributed by atoms with E-state index in [-0.39, 0.29) is 12.2 Å². The maximum absolute atomic E-state index is 13.0. The molecule has 5 nitrogen and oxygen atoms in total. The molecule has 0 bridgehead atoms. The van der Waals surface area contributed by atoms with Gasteiger partial charge in [0.1, 0.15) is 0 Å². The van der Waals surface area contributed by atoms with E-state index in [4.69, 9.17) is 0 Å². The van der Waals surface area contributed by atoms with Crippen molar-refractivity contribution in [2.24, 2.45) is 0 Å². The van der Waals surface area contributed by atoms with Gasteiger partial charge in [-0.2, -0.15) is 13.2 Å². The number of piperazine rings is 1. The summed E-state index contributed by atoms with van der Waals surface area (Å²) in [6.45, 7) is 3.10. The molecule has 2 N–H and O–H groups in total. The van der Waals surface area contributed by atoms with E-state index in [1.54, 1.807) is 0 Å². The molecule has 0 aromatic heterocycles. The number of hydrogen-bond donors (Lipinski definition) is 2. The first-order valence-electron chi connectivity index (χ1n) is 9.47. The van der Waals surface area contributed by atoms with Crippen LogP contribution in [0.3, 0.4) is 0 Å². The van der Waals surface area contributed by atoms with Crippen molar-refractivity contribution < 1.29 is 23.1 Å². The van der Waals surface area contributed by atoms with E-state index >= 15 is 0 Å². The zero-order valence-corrected chi connectivity index (χ0v) is 15.9. The van der Waals surface area contributed by atoms with Gasteiger partial charge < -0.3 is 10.4 Å². The third-order valence-electron chi connectivity index (χ3n) is 4.95. The SMILES string of the molecule is O=C(CN1CCN(CC(O)c2ccccc2)CC1)Nc1ccccc1C(F)(F)F. The van der Waals surface area contributed by atoms with Crippen LogP contribution < -0.4 is 5.32 Å². The van der Waals surface area contributed by atoms with E-state index in [1.807, 2.05) is 35.2 Å². The number of benzene rings is 2. The molecule has 0 aliphatic carbocycles. The van der Waals surface area contributed by atoms with E-state index in [0.29, 0.717) is 32.7 Å². The molecule has 2 aromatic rings. The fourth-order valence-electron chi connectivity index (χ4n) is 3.39. The van der Waals surface area contributed by atoms with Crippen LogP contribution in [0.1, 0.15) is 17.2 Å². The fourth-order valence-corrected chi connectivity index (χ4v) is 3.39. The second-order valence-corrected chi connectivity index (χ2v) is 7.09. The molecule has 1 unspecified atom stereocenters. The largest absolute Gasteiger partial charge is 0.418 e. The molecular formula is C21H24F3N3O2. The Labute approximate surface area is 167 Å². The van der Waals surface area contributed by atoms with Crippen molar-refractivity contribution in [2.45, 2.75) is 12.3 Å². The van der Waals surface area contributed by atoms with Gasteiger partial charge in [-0.05, 0) is 17.7 Å². The Morgan fingerprint density at radius 3 is 2.21 bits per heavy atom. The topological polar surface area (TPSA) is 55.8 Å². The summed E-state index contributed by atoms with van der Waals surface area (Å²) in [5, 5.41) is 12.7. The van der Waals surface area contributed by atoms with Crippen LogP contribution in [0.4, 0.5) is 18.9 Å². The van der Waals surface area contributed by atoms with Crippen LogP contribution in [0, 0.1) is 0 Å². The molecule has 1 heterocycles. The van der Waals surface area contributed by atoms with Gasteiger partial charge in [0.2, 0.25) is 5.91 Å². The molecule has 29 heavy (non-hydrogen) atoms. The lowest BCUT2D eigenvalue weighted by molar-refractivity contribution is -0.137. The van der Waals surface area contributed by atoms with Gasteiger partial charge in [-0.15, -0.1) is 0 Å². The van der Waals surface area contributed by atoms with Crippen molar-refractivity contribution in [2.75, 3.05) is 44.6 Å². The normalized spacial score (nSPS) is 17.1. The number of aliphatic hydroxyl groups is 1. The molecule has 8 heteroatoms. The Kier molecular flexibility index (Phi) is 6.89. The lowest BCUT2D eigenvalue weighted by atomic mass is 10.1. The van der Waals surface area contributed by atoms with Crippen molar-refractivity contribution >= 4 is 11.6 Å². The van der Waals surface area contributed by atoms with Crippen molar-refractivity contribution in [1.82, 2.24) is 9.80 Å². The third kappa shape index (κ3) is 6.03. The average molecular weight is 407 g/mol. The molecule has 1 fully saturated rings. The molecule has 1 saturated heterocycles. The van der Waals surface area contributed by atoms with Crippen molar-refractivity contribution in [3.05, 3.63) is 65.7 Å². The number of nitrogens with one attached hydrogen (secondary N) is 1. The van der Waals surface area contributed by atoms with Crippen molar-refractivity contribution in [1.29, 1.82) is 0 Å². The maximum Gasteiger partial charge on any atom is 0.418 e. The molecule has 3 rings (SSSR count). The number of para-hydroxylation sites is 1. The first kappa shape index (κ1) is 21.3. The summed E-state index contributed by atoms with van der Waals surface area (Å²) < 4.78 is 39.1. The summed E-state index contributed by atoms with van der Waals surface area (Å²) in [5.41, 5.74) is -0.222. The summed E-state index contributed by atoms with van der Waals surface area (Å²) >= 11 is 0. The van der Waals surface area contributed by atoms with Gasteiger partial charge in [0.05, 0.1) is 23.9 Å². The maximum atomic E-state index is 13.0. The van der Waals surface area contributed by atoms with E-state index < -0.39 is 23.8 Å². The summed E-state index contributed by atoms with van der Waals surface area (Å²) in [7, 11) is 0. The summed E-state index contributed by atoms with van der Waals surface area (Å²) in [6, 6.07) is 14.4. The van der Waals surface area contributed by atoms with Crippen LogP contribution >= 0.6 is 0 Å². The highest BCUT2D eigenvalue weighted by Crippen LogP contribution is 2.34. The Balaban J connectivity index is 1.47. The zero-order chi connectivity index (χ0) is 20.9. The second-order valence-electron chi connectivity index (χ2n) is 7.09. The third-order valence-corrected chi connectivity index (χ3v) is 4.95. The number of halogens is 3. The number of anilines is 1. The van der Waals surface area contributed by atoms with Gasteiger partial charge in [-0.25, -0.2) is 0 Å². The quantitative estimate of drug-likeness (QED) is 0.773. The fraction of sp³-hybridized carbons (Fsp3) is 0.381. The summed E-state index contributed by atoms with van der Waals surface area (Å²) in [4.78, 5) is 16.2. The molecule has 156 valence electrons. The number of aliphatic hydroxyl groups excluding tert-OH is 1. The van der Waals surface area contributed by atoms with Crippen LogP contribution in [0.25, 0.3) is 0 Å². The molecule has 0 spiro atoms. The molecule has 2 aromatic carbocycles. The Morgan fingerprint density at radius 2 is 1.55 bits per heavy atom. The number of carbonyl (C=O) groups is 1. The zero-order valence-electron chi connectivity index (χ0n) is 15.9. The van der Waals surface area contributed by atoms with E-state index in [0.717, 1.165) is 11.6 Å². The number of hydrogen-bond acceptors (Lipinski definition) is 4. The van der Waals surface area contributed by atoms with Gasteiger partial charge in [0.15, 0.2) is 0 Å².